The molecule has 0 fully saturated rings. The zero-order chi connectivity index (χ0) is 14.8. The third-order valence-corrected chi connectivity index (χ3v) is 3.51. The Morgan fingerprint density at radius 1 is 1.05 bits per heavy atom. The Morgan fingerprint density at radius 2 is 1.81 bits per heavy atom. The molecule has 0 saturated carbocycles. The van der Waals surface area contributed by atoms with Crippen molar-refractivity contribution in [2.45, 2.75) is 6.92 Å². The first kappa shape index (κ1) is 13.3. The second-order valence-corrected chi connectivity index (χ2v) is 4.89. The normalized spacial score (nSPS) is 10.6. The molecule has 0 N–H and O–H groups in total. The lowest BCUT2D eigenvalue weighted by Gasteiger charge is -2.08. The molecule has 0 aliphatic carbocycles. The number of hydrogen-bond acceptors (Lipinski definition) is 3. The number of benzene rings is 2. The van der Waals surface area contributed by atoms with E-state index in [1.807, 2.05) is 31.2 Å². The van der Waals surface area contributed by atoms with Crippen LogP contribution in [0.5, 0.6) is 0 Å². The van der Waals surface area contributed by atoms with Gasteiger partial charge in [-0.2, -0.15) is 0 Å². The van der Waals surface area contributed by atoms with E-state index in [1.54, 1.807) is 12.1 Å². The van der Waals surface area contributed by atoms with Crippen LogP contribution < -0.4 is 0 Å². The Morgan fingerprint density at radius 3 is 2.52 bits per heavy atom. The van der Waals surface area contributed by atoms with Gasteiger partial charge in [0, 0.05) is 16.6 Å². The highest BCUT2D eigenvalue weighted by Gasteiger charge is 2.09. The van der Waals surface area contributed by atoms with Gasteiger partial charge in [0.05, 0.1) is 18.2 Å². The molecule has 3 aromatic rings. The summed E-state index contributed by atoms with van der Waals surface area (Å²) in [5.41, 5.74) is 4.51. The van der Waals surface area contributed by atoms with Gasteiger partial charge >= 0.3 is 5.97 Å². The Kier molecular flexibility index (Phi) is 3.40. The summed E-state index contributed by atoms with van der Waals surface area (Å²) in [6.07, 6.45) is 0. The Hall–Kier alpha value is -2.68. The van der Waals surface area contributed by atoms with E-state index in [-0.39, 0.29) is 5.97 Å². The number of rotatable bonds is 2. The number of nitrogens with zero attached hydrogens (tertiary/aromatic N) is 1. The predicted octanol–water partition coefficient (Wildman–Crippen LogP) is 4.00. The molecular weight excluding hydrogens is 262 g/mol. The number of methoxy groups -OCH3 is 1. The topological polar surface area (TPSA) is 39.2 Å². The average molecular weight is 277 g/mol. The maximum atomic E-state index is 11.6. The van der Waals surface area contributed by atoms with E-state index >= 15 is 0 Å². The van der Waals surface area contributed by atoms with Gasteiger partial charge < -0.3 is 4.74 Å². The van der Waals surface area contributed by atoms with E-state index in [0.717, 1.165) is 27.7 Å². The van der Waals surface area contributed by atoms with Gasteiger partial charge in [-0.05, 0) is 30.7 Å². The van der Waals surface area contributed by atoms with Crippen LogP contribution in [0.2, 0.25) is 0 Å². The van der Waals surface area contributed by atoms with Gasteiger partial charge in [0.2, 0.25) is 0 Å². The third kappa shape index (κ3) is 2.50. The van der Waals surface area contributed by atoms with E-state index < -0.39 is 0 Å². The Bertz CT molecular complexity index is 810. The number of aryl methyl sites for hydroxylation is 1. The summed E-state index contributed by atoms with van der Waals surface area (Å²) < 4.78 is 4.74. The van der Waals surface area contributed by atoms with Crippen molar-refractivity contribution in [1.82, 2.24) is 4.98 Å². The quantitative estimate of drug-likeness (QED) is 0.665. The zero-order valence-corrected chi connectivity index (χ0v) is 12.0. The third-order valence-electron chi connectivity index (χ3n) is 3.51. The first-order valence-corrected chi connectivity index (χ1v) is 6.74. The maximum absolute atomic E-state index is 11.6. The van der Waals surface area contributed by atoms with Crippen LogP contribution in [0.1, 0.15) is 16.1 Å². The van der Waals surface area contributed by atoms with Gasteiger partial charge in [0.1, 0.15) is 0 Å². The molecule has 0 bridgehead atoms. The first-order chi connectivity index (χ1) is 10.2. The fourth-order valence-electron chi connectivity index (χ4n) is 2.42. The maximum Gasteiger partial charge on any atom is 0.337 e. The summed E-state index contributed by atoms with van der Waals surface area (Å²) in [6.45, 7) is 1.98. The lowest BCUT2D eigenvalue weighted by atomic mass is 10.0. The average Bonchev–Trinajstić information content (AvgIpc) is 2.53. The standard InChI is InChI=1S/C18H15NO2/c1-12-16(13-6-4-3-5-7-13)10-14-8-9-15(18(20)21-2)11-17(14)19-12/h3-11H,1-2H3. The van der Waals surface area contributed by atoms with E-state index in [9.17, 15) is 4.79 Å². The number of carbonyl (C=O) groups excluding carboxylic acids is 1. The first-order valence-electron chi connectivity index (χ1n) is 6.74. The molecule has 0 radical (unpaired) electrons. The SMILES string of the molecule is COC(=O)c1ccc2cc(-c3ccccc3)c(C)nc2c1. The molecule has 104 valence electrons. The van der Waals surface area contributed by atoms with Crippen molar-refractivity contribution in [1.29, 1.82) is 0 Å². The summed E-state index contributed by atoms with van der Waals surface area (Å²) >= 11 is 0. The van der Waals surface area contributed by atoms with Crippen LogP contribution >= 0.6 is 0 Å². The van der Waals surface area contributed by atoms with E-state index in [1.165, 1.54) is 7.11 Å². The summed E-state index contributed by atoms with van der Waals surface area (Å²) in [7, 11) is 1.38. The molecule has 0 spiro atoms. The molecule has 0 aliphatic heterocycles. The summed E-state index contributed by atoms with van der Waals surface area (Å²) in [5, 5.41) is 1.01. The highest BCUT2D eigenvalue weighted by atomic mass is 16.5. The monoisotopic (exact) mass is 277 g/mol. The molecular formula is C18H15NO2. The fourth-order valence-corrected chi connectivity index (χ4v) is 2.42. The number of carbonyl (C=O) groups is 1. The van der Waals surface area contributed by atoms with Crippen LogP contribution in [0.25, 0.3) is 22.0 Å². The van der Waals surface area contributed by atoms with E-state index in [4.69, 9.17) is 4.74 Å². The molecule has 0 saturated heterocycles. The van der Waals surface area contributed by atoms with Crippen LogP contribution in [-0.2, 0) is 4.74 Å². The molecule has 1 heterocycles. The van der Waals surface area contributed by atoms with Crippen LogP contribution in [0.4, 0.5) is 0 Å². The van der Waals surface area contributed by atoms with E-state index in [2.05, 4.69) is 23.2 Å². The number of ether oxygens (including phenoxy) is 1. The smallest absolute Gasteiger partial charge is 0.337 e. The van der Waals surface area contributed by atoms with Crippen molar-refractivity contribution in [3.05, 3.63) is 65.9 Å². The number of aromatic nitrogens is 1. The van der Waals surface area contributed by atoms with Crippen molar-refractivity contribution in [2.75, 3.05) is 7.11 Å². The van der Waals surface area contributed by atoms with Crippen molar-refractivity contribution >= 4 is 16.9 Å². The second kappa shape index (κ2) is 5.37. The minimum absolute atomic E-state index is 0.344. The largest absolute Gasteiger partial charge is 0.465 e. The molecule has 0 unspecified atom stereocenters. The molecule has 0 aliphatic rings. The number of esters is 1. The van der Waals surface area contributed by atoms with E-state index in [0.29, 0.717) is 5.56 Å². The summed E-state index contributed by atoms with van der Waals surface area (Å²) in [4.78, 5) is 16.2. The predicted molar refractivity (Wildman–Crippen MR) is 83.3 cm³/mol. The minimum atomic E-state index is -0.344. The second-order valence-electron chi connectivity index (χ2n) is 4.89. The van der Waals surface area contributed by atoms with Gasteiger partial charge in [-0.25, -0.2) is 4.79 Å². The van der Waals surface area contributed by atoms with Crippen molar-refractivity contribution < 1.29 is 9.53 Å². The highest BCUT2D eigenvalue weighted by Crippen LogP contribution is 2.26. The Balaban J connectivity index is 2.15. The van der Waals surface area contributed by atoms with Crippen LogP contribution in [0, 0.1) is 6.92 Å². The number of pyridine rings is 1. The Labute approximate surface area is 123 Å². The lowest BCUT2D eigenvalue weighted by Crippen LogP contribution is -2.01. The molecule has 3 heteroatoms. The van der Waals surface area contributed by atoms with Gasteiger partial charge in [-0.15, -0.1) is 0 Å². The molecule has 1 aromatic heterocycles. The minimum Gasteiger partial charge on any atom is -0.465 e. The van der Waals surface area contributed by atoms with Crippen molar-refractivity contribution in [3.63, 3.8) is 0 Å². The lowest BCUT2D eigenvalue weighted by molar-refractivity contribution is 0.0601. The van der Waals surface area contributed by atoms with Gasteiger partial charge in [-0.1, -0.05) is 36.4 Å². The fraction of sp³-hybridized carbons (Fsp3) is 0.111. The molecule has 2 aromatic carbocycles. The summed E-state index contributed by atoms with van der Waals surface area (Å²) in [6, 6.07) is 17.7. The molecule has 0 amide bonds. The van der Waals surface area contributed by atoms with Gasteiger partial charge in [-0.3, -0.25) is 4.98 Å². The van der Waals surface area contributed by atoms with Crippen LogP contribution in [-0.4, -0.2) is 18.1 Å². The summed E-state index contributed by atoms with van der Waals surface area (Å²) in [5.74, 6) is -0.344. The van der Waals surface area contributed by atoms with Gasteiger partial charge in [0.15, 0.2) is 0 Å². The van der Waals surface area contributed by atoms with Crippen LogP contribution in [0.15, 0.2) is 54.6 Å². The number of fused-ring (bicyclic) bond motifs is 1. The van der Waals surface area contributed by atoms with Gasteiger partial charge in [0.25, 0.3) is 0 Å². The molecule has 3 rings (SSSR count). The van der Waals surface area contributed by atoms with Crippen LogP contribution in [0.3, 0.4) is 0 Å². The molecule has 21 heavy (non-hydrogen) atoms. The molecule has 3 nitrogen and oxygen atoms in total. The highest BCUT2D eigenvalue weighted by molar-refractivity contribution is 5.95. The van der Waals surface area contributed by atoms with Crippen molar-refractivity contribution in [2.24, 2.45) is 0 Å². The van der Waals surface area contributed by atoms with Crippen molar-refractivity contribution in [3.8, 4) is 11.1 Å². The number of hydrogen-bond donors (Lipinski definition) is 0. The zero-order valence-electron chi connectivity index (χ0n) is 12.0. The molecule has 0 atom stereocenters.